The van der Waals surface area contributed by atoms with Gasteiger partial charge in [0, 0.05) is 24.0 Å². The summed E-state index contributed by atoms with van der Waals surface area (Å²) in [5, 5.41) is 1.16. The van der Waals surface area contributed by atoms with Gasteiger partial charge in [-0.05, 0) is 48.4 Å². The molecule has 0 spiro atoms. The molecule has 5 atom stereocenters. The maximum Gasteiger partial charge on any atom is 0.114 e. The van der Waals surface area contributed by atoms with Crippen LogP contribution in [0.15, 0.2) is 35.0 Å². The highest BCUT2D eigenvalue weighted by atomic mass is 35.5. The summed E-state index contributed by atoms with van der Waals surface area (Å²) in [6, 6.07) is 5.71. The topological polar surface area (TPSA) is 24.8 Å². The molecule has 4 aliphatic rings. The second-order valence-electron chi connectivity index (χ2n) is 6.70. The van der Waals surface area contributed by atoms with Crippen molar-refractivity contribution in [2.75, 3.05) is 11.6 Å². The van der Waals surface area contributed by atoms with E-state index in [1.54, 1.807) is 0 Å². The Morgan fingerprint density at radius 1 is 1.14 bits per heavy atom. The van der Waals surface area contributed by atoms with E-state index < -0.39 is 0 Å². The fourth-order valence-electron chi connectivity index (χ4n) is 4.28. The number of hydrogen-bond acceptors (Lipinski definition) is 3. The maximum atomic E-state index is 6.13. The number of nitrogens with zero attached hydrogens (tertiary/aromatic N) is 2. The molecule has 3 fully saturated rings. The molecule has 1 saturated carbocycles. The predicted octanol–water partition coefficient (Wildman–Crippen LogP) is 4.15. The van der Waals surface area contributed by atoms with Gasteiger partial charge in [-0.3, -0.25) is 4.99 Å². The molecule has 5 heteroatoms. The van der Waals surface area contributed by atoms with E-state index in [9.17, 15) is 0 Å². The van der Waals surface area contributed by atoms with Crippen molar-refractivity contribution in [2.24, 2.45) is 22.7 Å². The Hall–Kier alpha value is -1.03. The monoisotopic (exact) mass is 334 g/mol. The first kappa shape index (κ1) is 13.4. The Kier molecular flexibility index (Phi) is 2.89. The van der Waals surface area contributed by atoms with E-state index in [4.69, 9.17) is 27.9 Å². The molecule has 3 nitrogen and oxygen atoms in total. The largest absolute Gasteiger partial charge is 0.374 e. The van der Waals surface area contributed by atoms with E-state index in [1.165, 1.54) is 12.0 Å². The van der Waals surface area contributed by atoms with Gasteiger partial charge in [0.15, 0.2) is 0 Å². The predicted molar refractivity (Wildman–Crippen MR) is 88.7 cm³/mol. The molecule has 0 aromatic heterocycles. The second-order valence-corrected chi connectivity index (χ2v) is 7.51. The van der Waals surface area contributed by atoms with Crippen molar-refractivity contribution >= 4 is 35.1 Å². The van der Waals surface area contributed by atoms with Crippen molar-refractivity contribution in [3.05, 3.63) is 40.0 Å². The van der Waals surface area contributed by atoms with Crippen LogP contribution in [0.2, 0.25) is 10.0 Å². The van der Waals surface area contributed by atoms with E-state index >= 15 is 0 Å². The molecular formula is C17H16Cl2N2O. The van der Waals surface area contributed by atoms with Crippen LogP contribution in [0.5, 0.6) is 0 Å². The van der Waals surface area contributed by atoms with Gasteiger partial charge in [-0.2, -0.15) is 0 Å². The maximum absolute atomic E-state index is 6.13. The molecule has 2 saturated heterocycles. The van der Waals surface area contributed by atoms with Crippen molar-refractivity contribution in [3.63, 3.8) is 0 Å². The molecule has 114 valence electrons. The van der Waals surface area contributed by atoms with Crippen LogP contribution in [0, 0.1) is 17.8 Å². The third-order valence-electron chi connectivity index (χ3n) is 5.45. The second kappa shape index (κ2) is 4.73. The Balaban J connectivity index is 1.43. The Labute approximate surface area is 139 Å². The first-order valence-corrected chi connectivity index (χ1v) is 8.55. The van der Waals surface area contributed by atoms with Crippen LogP contribution in [0.25, 0.3) is 0 Å². The Morgan fingerprint density at radius 2 is 2.05 bits per heavy atom. The number of halogens is 2. The first-order chi connectivity index (χ1) is 10.7. The molecule has 0 radical (unpaired) electrons. The molecule has 1 aromatic carbocycles. The zero-order valence-corrected chi connectivity index (χ0v) is 13.5. The SMILES string of the molecule is Clc1ccc(N2C=C([C@@H]3C[C@H]4O[C@H]3[C@H]3C[C@H]34)C=NC2)cc1Cl. The van der Waals surface area contributed by atoms with Gasteiger partial charge in [-0.25, -0.2) is 0 Å². The van der Waals surface area contributed by atoms with Gasteiger partial charge in [0.1, 0.15) is 6.67 Å². The summed E-state index contributed by atoms with van der Waals surface area (Å²) in [5.41, 5.74) is 2.31. The van der Waals surface area contributed by atoms with Gasteiger partial charge in [0.25, 0.3) is 0 Å². The zero-order valence-electron chi connectivity index (χ0n) is 12.0. The lowest BCUT2D eigenvalue weighted by molar-refractivity contribution is 0.0654. The highest BCUT2D eigenvalue weighted by molar-refractivity contribution is 6.42. The van der Waals surface area contributed by atoms with Crippen LogP contribution in [-0.2, 0) is 4.74 Å². The number of hydrogen-bond donors (Lipinski definition) is 0. The first-order valence-electron chi connectivity index (χ1n) is 7.79. The van der Waals surface area contributed by atoms with Crippen molar-refractivity contribution in [1.82, 2.24) is 0 Å². The van der Waals surface area contributed by atoms with Gasteiger partial charge < -0.3 is 9.64 Å². The van der Waals surface area contributed by atoms with Crippen molar-refractivity contribution in [3.8, 4) is 0 Å². The fraction of sp³-hybridized carbons (Fsp3) is 0.471. The van der Waals surface area contributed by atoms with Gasteiger partial charge in [0.05, 0.1) is 22.3 Å². The van der Waals surface area contributed by atoms with Gasteiger partial charge in [-0.15, -0.1) is 0 Å². The normalized spacial score (nSPS) is 38.2. The van der Waals surface area contributed by atoms with Gasteiger partial charge in [0.2, 0.25) is 0 Å². The quantitative estimate of drug-likeness (QED) is 0.811. The minimum atomic E-state index is 0.418. The summed E-state index contributed by atoms with van der Waals surface area (Å²) in [7, 11) is 0. The standard InChI is InChI=1S/C17H16Cl2N2O/c18-14-2-1-10(3-15(14)19)21-7-9(6-20-8-21)11-5-16-12-4-13(12)17(11)22-16/h1-3,6-7,11-13,16-17H,4-5,8H2/t11-,12+,13-,16+,17+/m0/s1. The lowest BCUT2D eigenvalue weighted by Crippen LogP contribution is -2.28. The van der Waals surface area contributed by atoms with E-state index in [-0.39, 0.29) is 0 Å². The minimum Gasteiger partial charge on any atom is -0.374 e. The van der Waals surface area contributed by atoms with Crippen LogP contribution in [-0.4, -0.2) is 25.1 Å². The summed E-state index contributed by atoms with van der Waals surface area (Å²) >= 11 is 12.1. The molecule has 1 aliphatic carbocycles. The number of ether oxygens (including phenoxy) is 1. The number of aliphatic imine (C=N–C) groups is 1. The number of benzene rings is 1. The average Bonchev–Trinajstić information content (AvgIpc) is 3.14. The summed E-state index contributed by atoms with van der Waals surface area (Å²) in [5.74, 6) is 2.16. The molecule has 5 rings (SSSR count). The molecule has 2 bridgehead atoms. The lowest BCUT2D eigenvalue weighted by atomic mass is 9.84. The molecule has 0 unspecified atom stereocenters. The highest BCUT2D eigenvalue weighted by Crippen LogP contribution is 2.61. The van der Waals surface area contributed by atoms with E-state index in [0.29, 0.717) is 34.8 Å². The molecular weight excluding hydrogens is 319 g/mol. The summed E-state index contributed by atoms with van der Waals surface area (Å²) in [6.07, 6.45) is 7.67. The van der Waals surface area contributed by atoms with Crippen LogP contribution in [0.1, 0.15) is 12.8 Å². The van der Waals surface area contributed by atoms with Crippen molar-refractivity contribution < 1.29 is 4.74 Å². The zero-order chi connectivity index (χ0) is 14.8. The molecule has 1 aromatic rings. The molecule has 3 heterocycles. The van der Waals surface area contributed by atoms with Crippen LogP contribution in [0.4, 0.5) is 5.69 Å². The van der Waals surface area contributed by atoms with Crippen molar-refractivity contribution in [1.29, 1.82) is 0 Å². The Bertz CT molecular complexity index is 702. The third-order valence-corrected chi connectivity index (χ3v) is 6.19. The van der Waals surface area contributed by atoms with Crippen LogP contribution >= 0.6 is 23.2 Å². The Morgan fingerprint density at radius 3 is 2.82 bits per heavy atom. The smallest absolute Gasteiger partial charge is 0.114 e. The number of fused-ring (bicyclic) bond motifs is 5. The van der Waals surface area contributed by atoms with Crippen LogP contribution in [0.3, 0.4) is 0 Å². The van der Waals surface area contributed by atoms with Gasteiger partial charge in [-0.1, -0.05) is 23.2 Å². The van der Waals surface area contributed by atoms with E-state index in [1.807, 2.05) is 24.4 Å². The number of rotatable bonds is 2. The summed E-state index contributed by atoms with van der Waals surface area (Å²) in [4.78, 5) is 6.67. The summed E-state index contributed by atoms with van der Waals surface area (Å²) in [6.45, 7) is 0.620. The van der Waals surface area contributed by atoms with E-state index in [0.717, 1.165) is 23.9 Å². The molecule has 0 N–H and O–H groups in total. The molecule has 22 heavy (non-hydrogen) atoms. The van der Waals surface area contributed by atoms with E-state index in [2.05, 4.69) is 16.1 Å². The third kappa shape index (κ3) is 1.96. The van der Waals surface area contributed by atoms with Crippen molar-refractivity contribution in [2.45, 2.75) is 25.0 Å². The number of anilines is 1. The summed E-state index contributed by atoms with van der Waals surface area (Å²) < 4.78 is 6.12. The lowest BCUT2D eigenvalue weighted by Gasteiger charge is -2.27. The minimum absolute atomic E-state index is 0.418. The molecule has 3 aliphatic heterocycles. The van der Waals surface area contributed by atoms with Gasteiger partial charge >= 0.3 is 0 Å². The average molecular weight is 335 g/mol. The molecule has 0 amide bonds. The highest BCUT2D eigenvalue weighted by Gasteiger charge is 2.63. The van der Waals surface area contributed by atoms with Crippen LogP contribution < -0.4 is 4.90 Å². The fourth-order valence-corrected chi connectivity index (χ4v) is 4.57.